The van der Waals surface area contributed by atoms with E-state index >= 15 is 0 Å². The van der Waals surface area contributed by atoms with Gasteiger partial charge in [0.05, 0.1) is 17.8 Å². The molecule has 4 atom stereocenters. The van der Waals surface area contributed by atoms with Crippen LogP contribution in [0.1, 0.15) is 49.9 Å². The lowest BCUT2D eigenvalue weighted by molar-refractivity contribution is -0.137. The molecule has 5 nitrogen and oxygen atoms in total. The van der Waals surface area contributed by atoms with Crippen molar-refractivity contribution in [3.8, 4) is 11.3 Å². The summed E-state index contributed by atoms with van der Waals surface area (Å²) in [5, 5.41) is 7.46. The van der Waals surface area contributed by atoms with E-state index in [4.69, 9.17) is 5.73 Å². The van der Waals surface area contributed by atoms with Crippen LogP contribution in [0.4, 0.5) is 27.8 Å². The van der Waals surface area contributed by atoms with Gasteiger partial charge in [-0.05, 0) is 50.7 Å². The quantitative estimate of drug-likeness (QED) is 0.665. The van der Waals surface area contributed by atoms with Crippen molar-refractivity contribution in [3.63, 3.8) is 0 Å². The summed E-state index contributed by atoms with van der Waals surface area (Å²) in [6.07, 6.45) is -4.01. The van der Waals surface area contributed by atoms with Crippen molar-refractivity contribution >= 4 is 5.82 Å². The summed E-state index contributed by atoms with van der Waals surface area (Å²) in [7, 11) is 0. The maximum atomic E-state index is 13.2. The minimum absolute atomic E-state index is 0.0339. The third-order valence-electron chi connectivity index (χ3n) is 6.12. The number of hydrogen-bond acceptors (Lipinski definition) is 4. The van der Waals surface area contributed by atoms with Crippen LogP contribution in [-0.4, -0.2) is 33.8 Å². The zero-order chi connectivity index (χ0) is 21.8. The first kappa shape index (κ1) is 21.0. The van der Waals surface area contributed by atoms with Crippen LogP contribution < -0.4 is 11.1 Å². The Labute approximate surface area is 170 Å². The number of hydrogen-bond donors (Lipinski definition) is 2. The zero-order valence-corrected chi connectivity index (χ0v) is 16.6. The second-order valence-electron chi connectivity index (χ2n) is 8.47. The minimum atomic E-state index is -4.59. The Balaban J connectivity index is 1.57. The van der Waals surface area contributed by atoms with Crippen LogP contribution in [0, 0.1) is 11.8 Å². The molecule has 2 fully saturated rings. The second kappa shape index (κ2) is 7.47. The summed E-state index contributed by atoms with van der Waals surface area (Å²) in [6, 6.07) is 2.94. The summed E-state index contributed by atoms with van der Waals surface area (Å²) >= 11 is 0. The Morgan fingerprint density at radius 1 is 1.20 bits per heavy atom. The van der Waals surface area contributed by atoms with Gasteiger partial charge in [0.25, 0.3) is 6.43 Å². The molecule has 0 saturated heterocycles. The average Bonchev–Trinajstić information content (AvgIpc) is 3.02. The Morgan fingerprint density at radius 3 is 2.43 bits per heavy atom. The van der Waals surface area contributed by atoms with Crippen LogP contribution in [-0.2, 0) is 6.18 Å². The van der Waals surface area contributed by atoms with Gasteiger partial charge in [-0.15, -0.1) is 0 Å². The van der Waals surface area contributed by atoms with Gasteiger partial charge in [-0.25, -0.2) is 13.8 Å². The first-order chi connectivity index (χ1) is 14.1. The summed E-state index contributed by atoms with van der Waals surface area (Å²) < 4.78 is 66.3. The number of anilines is 1. The first-order valence-electron chi connectivity index (χ1n) is 10.00. The number of nitrogen functional groups attached to an aromatic ring is 1. The fourth-order valence-corrected chi connectivity index (χ4v) is 4.76. The number of aromatic nitrogens is 3. The molecule has 2 aromatic heterocycles. The summed E-state index contributed by atoms with van der Waals surface area (Å²) in [4.78, 5) is 3.71. The van der Waals surface area contributed by atoms with Gasteiger partial charge >= 0.3 is 6.18 Å². The number of pyridine rings is 1. The highest BCUT2D eigenvalue weighted by molar-refractivity contribution is 5.63. The van der Waals surface area contributed by atoms with Crippen molar-refractivity contribution in [1.82, 2.24) is 20.1 Å². The molecule has 164 valence electrons. The molecule has 2 aromatic rings. The zero-order valence-electron chi connectivity index (χ0n) is 16.6. The Hall–Kier alpha value is -2.23. The molecule has 0 aliphatic heterocycles. The van der Waals surface area contributed by atoms with E-state index in [2.05, 4.69) is 15.4 Å². The molecule has 0 radical (unpaired) electrons. The molecule has 0 spiro atoms. The molecule has 4 rings (SSSR count). The van der Waals surface area contributed by atoms with Crippen LogP contribution in [0.25, 0.3) is 11.3 Å². The number of nitrogens with one attached hydrogen (secondary N) is 1. The van der Waals surface area contributed by atoms with Crippen molar-refractivity contribution in [2.75, 3.05) is 12.3 Å². The van der Waals surface area contributed by atoms with Crippen molar-refractivity contribution in [2.24, 2.45) is 11.8 Å². The number of rotatable bonds is 6. The molecule has 0 bridgehead atoms. The largest absolute Gasteiger partial charge is 0.419 e. The molecule has 2 aliphatic rings. The predicted octanol–water partition coefficient (Wildman–Crippen LogP) is 4.47. The van der Waals surface area contributed by atoms with Crippen LogP contribution in [0.3, 0.4) is 0 Å². The average molecular weight is 429 g/mol. The van der Waals surface area contributed by atoms with Gasteiger partial charge in [0.1, 0.15) is 5.82 Å². The molecule has 2 heterocycles. The van der Waals surface area contributed by atoms with E-state index in [9.17, 15) is 22.0 Å². The van der Waals surface area contributed by atoms with E-state index < -0.39 is 24.0 Å². The van der Waals surface area contributed by atoms with Gasteiger partial charge in [-0.1, -0.05) is 0 Å². The van der Waals surface area contributed by atoms with E-state index in [1.807, 2.05) is 24.6 Å². The molecule has 0 aromatic carbocycles. The van der Waals surface area contributed by atoms with E-state index in [1.165, 1.54) is 6.20 Å². The first-order valence-corrected chi connectivity index (χ1v) is 10.00. The third kappa shape index (κ3) is 3.89. The lowest BCUT2D eigenvalue weighted by atomic mass is 10.0. The van der Waals surface area contributed by atoms with Crippen molar-refractivity contribution in [2.45, 2.75) is 57.3 Å². The van der Waals surface area contributed by atoms with Crippen LogP contribution in [0.15, 0.2) is 18.3 Å². The molecular formula is C20H24F5N5. The maximum Gasteiger partial charge on any atom is 0.419 e. The molecule has 30 heavy (non-hydrogen) atoms. The lowest BCUT2D eigenvalue weighted by Crippen LogP contribution is -2.32. The van der Waals surface area contributed by atoms with Gasteiger partial charge < -0.3 is 11.1 Å². The fraction of sp³-hybridized carbons (Fsp3) is 0.600. The number of alkyl halides is 5. The number of nitrogens with zero attached hydrogens (tertiary/aromatic N) is 3. The van der Waals surface area contributed by atoms with E-state index in [-0.39, 0.29) is 30.1 Å². The monoisotopic (exact) mass is 429 g/mol. The standard InChI is InChI=1S/C20H24F5N5/c1-9(2)30-16(18-12-4-11(5-13(12)18)27-8-17(21)22)6-15(29-30)10-3-14(20(23,24)25)19(26)28-7-10/h3,6-7,9,11-13,17-18,27H,4-5,8H2,1-2H3,(H2,26,28)/t11?,12-,13+,18?. The van der Waals surface area contributed by atoms with Gasteiger partial charge in [-0.3, -0.25) is 4.68 Å². The summed E-state index contributed by atoms with van der Waals surface area (Å²) in [5.41, 5.74) is 6.10. The number of fused-ring (bicyclic) bond motifs is 1. The summed E-state index contributed by atoms with van der Waals surface area (Å²) in [5.74, 6) is 0.464. The van der Waals surface area contributed by atoms with Crippen molar-refractivity contribution in [3.05, 3.63) is 29.6 Å². The van der Waals surface area contributed by atoms with Crippen molar-refractivity contribution < 1.29 is 22.0 Å². The Bertz CT molecular complexity index is 911. The molecule has 0 amide bonds. The topological polar surface area (TPSA) is 68.8 Å². The molecular weight excluding hydrogens is 405 g/mol. The smallest absolute Gasteiger partial charge is 0.383 e. The molecule has 3 N–H and O–H groups in total. The highest BCUT2D eigenvalue weighted by atomic mass is 19.4. The lowest BCUT2D eigenvalue weighted by Gasteiger charge is -2.17. The molecule has 10 heteroatoms. The third-order valence-corrected chi connectivity index (χ3v) is 6.12. The maximum absolute atomic E-state index is 13.2. The van der Waals surface area contributed by atoms with E-state index in [1.54, 1.807) is 0 Å². The van der Waals surface area contributed by atoms with E-state index in [0.717, 1.165) is 24.6 Å². The fourth-order valence-electron chi connectivity index (χ4n) is 4.76. The predicted molar refractivity (Wildman–Crippen MR) is 102 cm³/mol. The number of nitrogens with two attached hydrogens (primary N) is 1. The number of halogens is 5. The Morgan fingerprint density at radius 2 is 1.87 bits per heavy atom. The highest BCUT2D eigenvalue weighted by Crippen LogP contribution is 2.63. The highest BCUT2D eigenvalue weighted by Gasteiger charge is 2.57. The normalized spacial score (nSPS) is 25.9. The summed E-state index contributed by atoms with van der Waals surface area (Å²) in [6.45, 7) is 3.64. The van der Waals surface area contributed by atoms with Crippen molar-refractivity contribution in [1.29, 1.82) is 0 Å². The van der Waals surface area contributed by atoms with Crippen LogP contribution in [0.2, 0.25) is 0 Å². The minimum Gasteiger partial charge on any atom is -0.383 e. The van der Waals surface area contributed by atoms with Gasteiger partial charge in [0, 0.05) is 35.5 Å². The van der Waals surface area contributed by atoms with Gasteiger partial charge in [0.15, 0.2) is 0 Å². The Kier molecular flexibility index (Phi) is 5.24. The van der Waals surface area contributed by atoms with Gasteiger partial charge in [-0.2, -0.15) is 18.3 Å². The van der Waals surface area contributed by atoms with Crippen LogP contribution in [0.5, 0.6) is 0 Å². The van der Waals surface area contributed by atoms with Crippen LogP contribution >= 0.6 is 0 Å². The second-order valence-corrected chi connectivity index (χ2v) is 8.47. The molecule has 2 saturated carbocycles. The SMILES string of the molecule is CC(C)n1nc(-c2cnc(N)c(C(F)(F)F)c2)cc1C1[C@H]2CC(NCC(F)F)C[C@@H]12. The molecule has 2 aliphatic carbocycles. The molecule has 2 unspecified atom stereocenters. The van der Waals surface area contributed by atoms with Gasteiger partial charge in [0.2, 0.25) is 0 Å². The van der Waals surface area contributed by atoms with E-state index in [0.29, 0.717) is 17.5 Å².